The number of nitrogens with zero attached hydrogens (tertiary/aromatic N) is 2. The minimum Gasteiger partial charge on any atom is -0.465 e. The van der Waals surface area contributed by atoms with Gasteiger partial charge in [-0.15, -0.1) is 0 Å². The van der Waals surface area contributed by atoms with Crippen molar-refractivity contribution in [3.05, 3.63) is 53.9 Å². The summed E-state index contributed by atoms with van der Waals surface area (Å²) in [5, 5.41) is 2.75. The number of carbonyl (C=O) groups is 2. The third-order valence-electron chi connectivity index (χ3n) is 4.24. The van der Waals surface area contributed by atoms with Crippen LogP contribution < -0.4 is 10.2 Å². The molecule has 3 rings (SSSR count). The molecule has 1 aromatic heterocycles. The number of rotatable bonds is 4. The molecule has 1 N–H and O–H groups in total. The summed E-state index contributed by atoms with van der Waals surface area (Å²) >= 11 is 0. The minimum atomic E-state index is -0.444. The van der Waals surface area contributed by atoms with Gasteiger partial charge in [0.1, 0.15) is 5.69 Å². The first kappa shape index (κ1) is 17.0. The number of benzene rings is 1. The Labute approximate surface area is 146 Å². The lowest BCUT2D eigenvalue weighted by Gasteiger charge is -2.28. The normalized spacial score (nSPS) is 14.0. The Morgan fingerprint density at radius 2 is 1.92 bits per heavy atom. The highest BCUT2D eigenvalue weighted by atomic mass is 16.5. The number of ether oxygens (including phenoxy) is 1. The van der Waals surface area contributed by atoms with Gasteiger partial charge in [0.15, 0.2) is 0 Å². The van der Waals surface area contributed by atoms with E-state index < -0.39 is 5.97 Å². The average molecular weight is 339 g/mol. The molecule has 1 saturated heterocycles. The Kier molecular flexibility index (Phi) is 5.28. The second-order valence-corrected chi connectivity index (χ2v) is 5.98. The molecule has 1 fully saturated rings. The van der Waals surface area contributed by atoms with E-state index in [1.807, 2.05) is 6.07 Å². The van der Waals surface area contributed by atoms with Crippen molar-refractivity contribution in [1.82, 2.24) is 4.98 Å². The summed E-state index contributed by atoms with van der Waals surface area (Å²) in [5.41, 5.74) is 2.29. The number of piperidine rings is 1. The summed E-state index contributed by atoms with van der Waals surface area (Å²) < 4.78 is 4.68. The molecule has 6 nitrogen and oxygen atoms in total. The van der Waals surface area contributed by atoms with E-state index in [0.29, 0.717) is 16.9 Å². The Hall–Kier alpha value is -2.89. The summed E-state index contributed by atoms with van der Waals surface area (Å²) in [5.74, 6) is -0.757. The van der Waals surface area contributed by atoms with Crippen LogP contribution in [-0.4, -0.2) is 37.1 Å². The summed E-state index contributed by atoms with van der Waals surface area (Å²) in [4.78, 5) is 30.5. The molecule has 1 aliphatic rings. The van der Waals surface area contributed by atoms with Crippen LogP contribution in [0.3, 0.4) is 0 Å². The molecular formula is C19H21N3O3. The summed E-state index contributed by atoms with van der Waals surface area (Å²) in [6.07, 6.45) is 5.40. The molecule has 1 aliphatic heterocycles. The maximum absolute atomic E-state index is 12.3. The van der Waals surface area contributed by atoms with E-state index >= 15 is 0 Å². The molecule has 0 atom stereocenters. The van der Waals surface area contributed by atoms with Gasteiger partial charge < -0.3 is 15.0 Å². The predicted molar refractivity (Wildman–Crippen MR) is 96.0 cm³/mol. The molecule has 25 heavy (non-hydrogen) atoms. The maximum Gasteiger partial charge on any atom is 0.337 e. The van der Waals surface area contributed by atoms with E-state index in [2.05, 4.69) is 19.9 Å². The van der Waals surface area contributed by atoms with Gasteiger partial charge in [-0.2, -0.15) is 0 Å². The van der Waals surface area contributed by atoms with Crippen LogP contribution in [0.5, 0.6) is 0 Å². The summed E-state index contributed by atoms with van der Waals surface area (Å²) in [7, 11) is 1.32. The third kappa shape index (κ3) is 4.15. The van der Waals surface area contributed by atoms with Gasteiger partial charge in [-0.3, -0.25) is 4.79 Å². The molecule has 0 spiro atoms. The van der Waals surface area contributed by atoms with Crippen molar-refractivity contribution in [2.24, 2.45) is 0 Å². The summed E-state index contributed by atoms with van der Waals surface area (Å²) in [6.45, 7) is 2.07. The van der Waals surface area contributed by atoms with Gasteiger partial charge in [0.2, 0.25) is 0 Å². The molecule has 0 bridgehead atoms. The molecule has 130 valence electrons. The van der Waals surface area contributed by atoms with Crippen molar-refractivity contribution < 1.29 is 14.3 Å². The van der Waals surface area contributed by atoms with Crippen LogP contribution in [0, 0.1) is 0 Å². The van der Waals surface area contributed by atoms with Crippen LogP contribution in [0.15, 0.2) is 42.6 Å². The molecular weight excluding hydrogens is 318 g/mol. The number of anilines is 2. The number of esters is 1. The lowest BCUT2D eigenvalue weighted by molar-refractivity contribution is 0.0600. The van der Waals surface area contributed by atoms with Crippen LogP contribution in [0.2, 0.25) is 0 Å². The average Bonchev–Trinajstić information content (AvgIpc) is 2.68. The summed E-state index contributed by atoms with van der Waals surface area (Å²) in [6, 6.07) is 10.3. The number of hydrogen-bond acceptors (Lipinski definition) is 5. The van der Waals surface area contributed by atoms with Gasteiger partial charge in [0.25, 0.3) is 5.91 Å². The quantitative estimate of drug-likeness (QED) is 0.867. The highest BCUT2D eigenvalue weighted by molar-refractivity contribution is 6.03. The van der Waals surface area contributed by atoms with Gasteiger partial charge in [-0.1, -0.05) is 6.07 Å². The van der Waals surface area contributed by atoms with Crippen LogP contribution in [0.4, 0.5) is 11.4 Å². The topological polar surface area (TPSA) is 71.5 Å². The standard InChI is InChI=1S/C19H21N3O3/c1-25-19(24)14-6-5-7-15(12-14)21-18(23)17-9-8-16(13-20-17)22-10-3-2-4-11-22/h5-9,12-13H,2-4,10-11H2,1H3,(H,21,23). The second kappa shape index (κ2) is 7.79. The first-order valence-electron chi connectivity index (χ1n) is 8.38. The van der Waals surface area contributed by atoms with Gasteiger partial charge >= 0.3 is 5.97 Å². The van der Waals surface area contributed by atoms with E-state index in [0.717, 1.165) is 18.8 Å². The van der Waals surface area contributed by atoms with Crippen molar-refractivity contribution in [3.8, 4) is 0 Å². The molecule has 2 heterocycles. The van der Waals surface area contributed by atoms with Crippen molar-refractivity contribution in [3.63, 3.8) is 0 Å². The van der Waals surface area contributed by atoms with Gasteiger partial charge in [-0.25, -0.2) is 9.78 Å². The Morgan fingerprint density at radius 1 is 1.12 bits per heavy atom. The fourth-order valence-corrected chi connectivity index (χ4v) is 2.90. The van der Waals surface area contributed by atoms with E-state index in [-0.39, 0.29) is 5.91 Å². The van der Waals surface area contributed by atoms with Crippen molar-refractivity contribution >= 4 is 23.3 Å². The highest BCUT2D eigenvalue weighted by Crippen LogP contribution is 2.19. The molecule has 0 aliphatic carbocycles. The Bertz CT molecular complexity index is 753. The fourth-order valence-electron chi connectivity index (χ4n) is 2.90. The number of methoxy groups -OCH3 is 1. The zero-order valence-corrected chi connectivity index (χ0v) is 14.2. The van der Waals surface area contributed by atoms with Gasteiger partial charge in [-0.05, 0) is 49.6 Å². The smallest absolute Gasteiger partial charge is 0.337 e. The van der Waals surface area contributed by atoms with Crippen LogP contribution in [0.1, 0.15) is 40.1 Å². The number of aromatic nitrogens is 1. The zero-order valence-electron chi connectivity index (χ0n) is 14.2. The number of hydrogen-bond donors (Lipinski definition) is 1. The van der Waals surface area contributed by atoms with Gasteiger partial charge in [0.05, 0.1) is 24.6 Å². The van der Waals surface area contributed by atoms with E-state index in [9.17, 15) is 9.59 Å². The molecule has 0 unspecified atom stereocenters. The molecule has 0 radical (unpaired) electrons. The Morgan fingerprint density at radius 3 is 2.60 bits per heavy atom. The zero-order chi connectivity index (χ0) is 17.6. The van der Waals surface area contributed by atoms with E-state index in [1.165, 1.54) is 26.4 Å². The molecule has 2 aromatic rings. The van der Waals surface area contributed by atoms with E-state index in [4.69, 9.17) is 0 Å². The lowest BCUT2D eigenvalue weighted by atomic mass is 10.1. The van der Waals surface area contributed by atoms with Gasteiger partial charge in [0, 0.05) is 18.8 Å². The van der Waals surface area contributed by atoms with Crippen molar-refractivity contribution in [1.29, 1.82) is 0 Å². The number of pyridine rings is 1. The lowest BCUT2D eigenvalue weighted by Crippen LogP contribution is -2.29. The molecule has 1 amide bonds. The Balaban J connectivity index is 1.68. The SMILES string of the molecule is COC(=O)c1cccc(NC(=O)c2ccc(N3CCCCC3)cn2)c1. The highest BCUT2D eigenvalue weighted by Gasteiger charge is 2.13. The van der Waals surface area contributed by atoms with Crippen LogP contribution in [-0.2, 0) is 4.74 Å². The first-order valence-corrected chi connectivity index (χ1v) is 8.38. The number of amides is 1. The number of carbonyl (C=O) groups excluding carboxylic acids is 2. The maximum atomic E-state index is 12.3. The largest absolute Gasteiger partial charge is 0.465 e. The second-order valence-electron chi connectivity index (χ2n) is 5.98. The predicted octanol–water partition coefficient (Wildman–Crippen LogP) is 3.11. The van der Waals surface area contributed by atoms with Crippen molar-refractivity contribution in [2.45, 2.75) is 19.3 Å². The molecule has 6 heteroatoms. The third-order valence-corrected chi connectivity index (χ3v) is 4.24. The fraction of sp³-hybridized carbons (Fsp3) is 0.316. The van der Waals surface area contributed by atoms with Crippen LogP contribution >= 0.6 is 0 Å². The minimum absolute atomic E-state index is 0.313. The monoisotopic (exact) mass is 339 g/mol. The van der Waals surface area contributed by atoms with Crippen molar-refractivity contribution in [2.75, 3.05) is 30.4 Å². The molecule has 0 saturated carbocycles. The number of nitrogens with one attached hydrogen (secondary N) is 1. The van der Waals surface area contributed by atoms with E-state index in [1.54, 1.807) is 36.5 Å². The first-order chi connectivity index (χ1) is 12.2. The molecule has 1 aromatic carbocycles. The van der Waals surface area contributed by atoms with Crippen LogP contribution in [0.25, 0.3) is 0 Å².